The Hall–Kier alpha value is -2.63. The summed E-state index contributed by atoms with van der Waals surface area (Å²) in [6.07, 6.45) is -4.44. The maximum atomic E-state index is 12.8. The largest absolute Gasteiger partial charge is 0.416 e. The highest BCUT2D eigenvalue weighted by Gasteiger charge is 2.30. The van der Waals surface area contributed by atoms with Gasteiger partial charge in [-0.1, -0.05) is 24.3 Å². The van der Waals surface area contributed by atoms with E-state index in [0.717, 1.165) is 17.7 Å². The summed E-state index contributed by atoms with van der Waals surface area (Å²) in [7, 11) is 0. The van der Waals surface area contributed by atoms with Crippen LogP contribution in [0.2, 0.25) is 0 Å². The van der Waals surface area contributed by atoms with Crippen LogP contribution in [-0.2, 0) is 6.18 Å². The highest BCUT2D eigenvalue weighted by Crippen LogP contribution is 2.31. The molecule has 1 N–H and O–H groups in total. The molecular formula is C16H11F3N2O. The molecule has 0 aliphatic heterocycles. The summed E-state index contributed by atoms with van der Waals surface area (Å²) in [5.74, 6) is 0.123. The quantitative estimate of drug-likeness (QED) is 0.740. The van der Waals surface area contributed by atoms with Crippen molar-refractivity contribution in [2.45, 2.75) is 13.1 Å². The Morgan fingerprint density at radius 2 is 1.82 bits per heavy atom. The standard InChI is InChI=1S/C16H11F3N2O/c1-9-4-2-7-12-13(9)20-14(21-15(12)22)10-5-3-6-11(8-10)16(17,18)19/h2-8H,1H3,(H,20,21,22). The highest BCUT2D eigenvalue weighted by atomic mass is 19.4. The summed E-state index contributed by atoms with van der Waals surface area (Å²) in [6, 6.07) is 9.89. The topological polar surface area (TPSA) is 45.8 Å². The minimum absolute atomic E-state index is 0.123. The van der Waals surface area contributed by atoms with Crippen molar-refractivity contribution in [2.75, 3.05) is 0 Å². The molecule has 0 bridgehead atoms. The molecule has 0 unspecified atom stereocenters. The van der Waals surface area contributed by atoms with Crippen LogP contribution in [-0.4, -0.2) is 9.97 Å². The van der Waals surface area contributed by atoms with Crippen molar-refractivity contribution in [3.05, 3.63) is 63.9 Å². The normalized spacial score (nSPS) is 11.8. The molecule has 22 heavy (non-hydrogen) atoms. The Kier molecular flexibility index (Phi) is 3.24. The average molecular weight is 304 g/mol. The number of fused-ring (bicyclic) bond motifs is 1. The number of nitrogens with one attached hydrogen (secondary N) is 1. The van der Waals surface area contributed by atoms with E-state index in [1.54, 1.807) is 25.1 Å². The molecule has 0 aliphatic rings. The monoisotopic (exact) mass is 304 g/mol. The lowest BCUT2D eigenvalue weighted by molar-refractivity contribution is -0.137. The van der Waals surface area contributed by atoms with E-state index < -0.39 is 11.7 Å². The molecule has 1 aromatic heterocycles. The summed E-state index contributed by atoms with van der Waals surface area (Å²) in [4.78, 5) is 18.9. The Labute approximate surface area is 123 Å². The zero-order valence-corrected chi connectivity index (χ0v) is 11.5. The third-order valence-corrected chi connectivity index (χ3v) is 3.40. The minimum Gasteiger partial charge on any atom is -0.306 e. The van der Waals surface area contributed by atoms with Crippen LogP contribution >= 0.6 is 0 Å². The van der Waals surface area contributed by atoms with E-state index in [1.807, 2.05) is 0 Å². The van der Waals surface area contributed by atoms with Crippen LogP contribution in [0.15, 0.2) is 47.3 Å². The van der Waals surface area contributed by atoms with Gasteiger partial charge in [0.1, 0.15) is 5.82 Å². The number of aryl methyl sites for hydroxylation is 1. The molecular weight excluding hydrogens is 293 g/mol. The van der Waals surface area contributed by atoms with Gasteiger partial charge in [0.15, 0.2) is 0 Å². The van der Waals surface area contributed by atoms with Gasteiger partial charge in [0.25, 0.3) is 5.56 Å². The van der Waals surface area contributed by atoms with Gasteiger partial charge in [-0.2, -0.15) is 13.2 Å². The number of H-pyrrole nitrogens is 1. The molecule has 0 amide bonds. The molecule has 1 heterocycles. The van der Waals surface area contributed by atoms with Crippen LogP contribution in [0, 0.1) is 6.92 Å². The number of rotatable bonds is 1. The third kappa shape index (κ3) is 2.47. The Bertz CT molecular complexity index is 913. The van der Waals surface area contributed by atoms with E-state index in [-0.39, 0.29) is 16.9 Å². The molecule has 3 aromatic rings. The highest BCUT2D eigenvalue weighted by molar-refractivity contribution is 5.82. The molecule has 0 spiro atoms. The molecule has 3 nitrogen and oxygen atoms in total. The number of alkyl halides is 3. The van der Waals surface area contributed by atoms with Gasteiger partial charge in [-0.3, -0.25) is 4.79 Å². The van der Waals surface area contributed by atoms with Gasteiger partial charge in [0.2, 0.25) is 0 Å². The van der Waals surface area contributed by atoms with Crippen molar-refractivity contribution >= 4 is 10.9 Å². The number of para-hydroxylation sites is 1. The molecule has 3 rings (SSSR count). The molecule has 0 fully saturated rings. The lowest BCUT2D eigenvalue weighted by Crippen LogP contribution is -2.11. The minimum atomic E-state index is -4.44. The molecule has 6 heteroatoms. The first kappa shape index (κ1) is 14.3. The second-order valence-corrected chi connectivity index (χ2v) is 4.96. The molecule has 2 aromatic carbocycles. The second kappa shape index (κ2) is 4.98. The predicted octanol–water partition coefficient (Wildman–Crippen LogP) is 3.92. The van der Waals surface area contributed by atoms with Crippen LogP contribution in [0.5, 0.6) is 0 Å². The van der Waals surface area contributed by atoms with Crippen LogP contribution < -0.4 is 5.56 Å². The lowest BCUT2D eigenvalue weighted by Gasteiger charge is -2.09. The van der Waals surface area contributed by atoms with E-state index >= 15 is 0 Å². The van der Waals surface area contributed by atoms with Gasteiger partial charge in [0, 0.05) is 5.56 Å². The number of hydrogen-bond acceptors (Lipinski definition) is 2. The first-order valence-corrected chi connectivity index (χ1v) is 6.53. The van der Waals surface area contributed by atoms with E-state index in [2.05, 4.69) is 9.97 Å². The fourth-order valence-electron chi connectivity index (χ4n) is 2.28. The maximum absolute atomic E-state index is 12.8. The van der Waals surface area contributed by atoms with E-state index in [9.17, 15) is 18.0 Å². The zero-order chi connectivity index (χ0) is 15.9. The fraction of sp³-hybridized carbons (Fsp3) is 0.125. The summed E-state index contributed by atoms with van der Waals surface area (Å²) in [5.41, 5.74) is 0.339. The number of halogens is 3. The fourth-order valence-corrected chi connectivity index (χ4v) is 2.28. The maximum Gasteiger partial charge on any atom is 0.416 e. The third-order valence-electron chi connectivity index (χ3n) is 3.40. The summed E-state index contributed by atoms with van der Waals surface area (Å²) < 4.78 is 38.4. The van der Waals surface area contributed by atoms with Gasteiger partial charge in [0.05, 0.1) is 16.5 Å². The number of aromatic amines is 1. The smallest absolute Gasteiger partial charge is 0.306 e. The van der Waals surface area contributed by atoms with Gasteiger partial charge in [-0.05, 0) is 30.7 Å². The molecule has 0 atom stereocenters. The van der Waals surface area contributed by atoms with Crippen molar-refractivity contribution in [1.29, 1.82) is 0 Å². The van der Waals surface area contributed by atoms with E-state index in [4.69, 9.17) is 0 Å². The lowest BCUT2D eigenvalue weighted by atomic mass is 10.1. The SMILES string of the molecule is Cc1cccc2c(=O)[nH]c(-c3cccc(C(F)(F)F)c3)nc12. The molecule has 0 saturated heterocycles. The van der Waals surface area contributed by atoms with Crippen LogP contribution in [0.25, 0.3) is 22.3 Å². The number of nitrogens with zero attached hydrogens (tertiary/aromatic N) is 1. The molecule has 0 aliphatic carbocycles. The van der Waals surface area contributed by atoms with E-state index in [1.165, 1.54) is 12.1 Å². The van der Waals surface area contributed by atoms with Crippen molar-refractivity contribution in [1.82, 2.24) is 9.97 Å². The van der Waals surface area contributed by atoms with Crippen LogP contribution in [0.4, 0.5) is 13.2 Å². The number of hydrogen-bond donors (Lipinski definition) is 1. The van der Waals surface area contributed by atoms with Gasteiger partial charge >= 0.3 is 6.18 Å². The Morgan fingerprint density at radius 3 is 2.55 bits per heavy atom. The van der Waals surface area contributed by atoms with Crippen molar-refractivity contribution in [2.24, 2.45) is 0 Å². The molecule has 0 radical (unpaired) electrons. The van der Waals surface area contributed by atoms with Gasteiger partial charge in [-0.15, -0.1) is 0 Å². The van der Waals surface area contributed by atoms with Crippen molar-refractivity contribution in [3.8, 4) is 11.4 Å². The van der Waals surface area contributed by atoms with E-state index in [0.29, 0.717) is 10.9 Å². The first-order chi connectivity index (χ1) is 10.4. The predicted molar refractivity (Wildman–Crippen MR) is 77.5 cm³/mol. The zero-order valence-electron chi connectivity index (χ0n) is 11.5. The van der Waals surface area contributed by atoms with Crippen molar-refractivity contribution < 1.29 is 13.2 Å². The first-order valence-electron chi connectivity index (χ1n) is 6.53. The second-order valence-electron chi connectivity index (χ2n) is 4.96. The van der Waals surface area contributed by atoms with Gasteiger partial charge in [-0.25, -0.2) is 4.98 Å². The number of aromatic nitrogens is 2. The van der Waals surface area contributed by atoms with Crippen molar-refractivity contribution in [3.63, 3.8) is 0 Å². The molecule has 112 valence electrons. The van der Waals surface area contributed by atoms with Gasteiger partial charge < -0.3 is 4.98 Å². The summed E-state index contributed by atoms with van der Waals surface area (Å²) >= 11 is 0. The average Bonchev–Trinajstić information content (AvgIpc) is 2.47. The Morgan fingerprint density at radius 1 is 1.09 bits per heavy atom. The van der Waals surface area contributed by atoms with Crippen LogP contribution in [0.1, 0.15) is 11.1 Å². The number of benzene rings is 2. The summed E-state index contributed by atoms with van der Waals surface area (Å²) in [5, 5.41) is 0.413. The Balaban J connectivity index is 2.23. The summed E-state index contributed by atoms with van der Waals surface area (Å²) in [6.45, 7) is 1.80. The van der Waals surface area contributed by atoms with Crippen LogP contribution in [0.3, 0.4) is 0 Å². The molecule has 0 saturated carbocycles.